The molecule has 0 spiro atoms. The van der Waals surface area contributed by atoms with Gasteiger partial charge >= 0.3 is 0 Å². The second-order valence-corrected chi connectivity index (χ2v) is 4.85. The number of ether oxygens (including phenoxy) is 1. The molecule has 1 saturated carbocycles. The minimum Gasteiger partial charge on any atom is -0.497 e. The van der Waals surface area contributed by atoms with Crippen molar-refractivity contribution in [3.05, 3.63) is 28.2 Å². The predicted octanol–water partition coefficient (Wildman–Crippen LogP) is 3.13. The molecule has 0 saturated heterocycles. The van der Waals surface area contributed by atoms with Crippen LogP contribution in [0.5, 0.6) is 5.75 Å². The van der Waals surface area contributed by atoms with Gasteiger partial charge in [0.25, 0.3) is 0 Å². The zero-order chi connectivity index (χ0) is 10.8. The van der Waals surface area contributed by atoms with Gasteiger partial charge in [-0.25, -0.2) is 0 Å². The normalized spacial score (nSPS) is 17.5. The summed E-state index contributed by atoms with van der Waals surface area (Å²) in [6.07, 6.45) is 2.66. The van der Waals surface area contributed by atoms with Crippen molar-refractivity contribution in [2.45, 2.75) is 18.9 Å². The van der Waals surface area contributed by atoms with Gasteiger partial charge in [-0.05, 0) is 49.6 Å². The fourth-order valence-electron chi connectivity index (χ4n) is 1.96. The van der Waals surface area contributed by atoms with Gasteiger partial charge in [-0.15, -0.1) is 0 Å². The maximum absolute atomic E-state index is 5.26. The Morgan fingerprint density at radius 2 is 2.20 bits per heavy atom. The van der Waals surface area contributed by atoms with Gasteiger partial charge in [0.05, 0.1) is 7.11 Å². The Bertz CT molecular complexity index is 349. The molecule has 1 atom stereocenters. The standard InChI is InChI=1S/C12H16BrNO/c1-14-12(8-3-4-8)10-7-9(15-2)5-6-11(10)13/h5-8,12,14H,3-4H2,1-2H3. The fourth-order valence-corrected chi connectivity index (χ4v) is 2.46. The highest BCUT2D eigenvalue weighted by Gasteiger charge is 2.32. The smallest absolute Gasteiger partial charge is 0.119 e. The van der Waals surface area contributed by atoms with E-state index in [1.807, 2.05) is 13.1 Å². The zero-order valence-corrected chi connectivity index (χ0v) is 10.7. The molecule has 1 aromatic carbocycles. The molecule has 0 radical (unpaired) electrons. The van der Waals surface area contributed by atoms with E-state index in [-0.39, 0.29) is 0 Å². The maximum Gasteiger partial charge on any atom is 0.119 e. The number of hydrogen-bond acceptors (Lipinski definition) is 2. The van der Waals surface area contributed by atoms with Crippen LogP contribution >= 0.6 is 15.9 Å². The molecule has 1 unspecified atom stereocenters. The maximum atomic E-state index is 5.26. The first-order valence-corrected chi connectivity index (χ1v) is 6.06. The minimum absolute atomic E-state index is 0.453. The van der Waals surface area contributed by atoms with Gasteiger partial charge in [-0.3, -0.25) is 0 Å². The third-order valence-corrected chi connectivity index (χ3v) is 3.66. The Hall–Kier alpha value is -0.540. The lowest BCUT2D eigenvalue weighted by molar-refractivity contribution is 0.412. The molecular weight excluding hydrogens is 254 g/mol. The molecule has 1 fully saturated rings. The van der Waals surface area contributed by atoms with Crippen LogP contribution in [-0.2, 0) is 0 Å². The SMILES string of the molecule is CNC(c1cc(OC)ccc1Br)C1CC1. The molecule has 1 aliphatic rings. The number of halogens is 1. The van der Waals surface area contributed by atoms with E-state index in [0.29, 0.717) is 6.04 Å². The van der Waals surface area contributed by atoms with Crippen molar-refractivity contribution in [2.24, 2.45) is 5.92 Å². The highest BCUT2D eigenvalue weighted by Crippen LogP contribution is 2.43. The molecule has 0 aromatic heterocycles. The monoisotopic (exact) mass is 269 g/mol. The summed E-state index contributed by atoms with van der Waals surface area (Å²) in [6.45, 7) is 0. The average Bonchev–Trinajstić information content (AvgIpc) is 3.06. The predicted molar refractivity (Wildman–Crippen MR) is 65.2 cm³/mol. The molecule has 3 heteroatoms. The van der Waals surface area contributed by atoms with Crippen LogP contribution in [0.4, 0.5) is 0 Å². The highest BCUT2D eigenvalue weighted by molar-refractivity contribution is 9.10. The molecule has 15 heavy (non-hydrogen) atoms. The average molecular weight is 270 g/mol. The Balaban J connectivity index is 2.31. The van der Waals surface area contributed by atoms with Gasteiger partial charge in [-0.1, -0.05) is 15.9 Å². The number of benzene rings is 1. The van der Waals surface area contributed by atoms with Crippen LogP contribution < -0.4 is 10.1 Å². The third-order valence-electron chi connectivity index (χ3n) is 2.94. The molecule has 1 aliphatic carbocycles. The number of methoxy groups -OCH3 is 1. The summed E-state index contributed by atoms with van der Waals surface area (Å²) in [5.41, 5.74) is 1.30. The van der Waals surface area contributed by atoms with E-state index >= 15 is 0 Å². The minimum atomic E-state index is 0.453. The largest absolute Gasteiger partial charge is 0.497 e. The topological polar surface area (TPSA) is 21.3 Å². The summed E-state index contributed by atoms with van der Waals surface area (Å²) in [5, 5.41) is 3.39. The van der Waals surface area contributed by atoms with E-state index in [4.69, 9.17) is 4.74 Å². The van der Waals surface area contributed by atoms with Crippen molar-refractivity contribution in [3.8, 4) is 5.75 Å². The summed E-state index contributed by atoms with van der Waals surface area (Å²) in [6, 6.07) is 6.60. The molecule has 0 aliphatic heterocycles. The van der Waals surface area contributed by atoms with Gasteiger partial charge in [0.15, 0.2) is 0 Å². The second kappa shape index (κ2) is 4.54. The van der Waals surface area contributed by atoms with Crippen LogP contribution in [0.1, 0.15) is 24.4 Å². The van der Waals surface area contributed by atoms with E-state index in [2.05, 4.69) is 33.4 Å². The van der Waals surface area contributed by atoms with Crippen molar-refractivity contribution in [1.82, 2.24) is 5.32 Å². The van der Waals surface area contributed by atoms with Crippen LogP contribution in [0.25, 0.3) is 0 Å². The Morgan fingerprint density at radius 3 is 2.73 bits per heavy atom. The molecule has 2 nitrogen and oxygen atoms in total. The number of hydrogen-bond donors (Lipinski definition) is 1. The lowest BCUT2D eigenvalue weighted by atomic mass is 10.0. The summed E-state index contributed by atoms with van der Waals surface area (Å²) in [7, 11) is 3.73. The van der Waals surface area contributed by atoms with E-state index in [0.717, 1.165) is 16.1 Å². The number of nitrogens with one attached hydrogen (secondary N) is 1. The fraction of sp³-hybridized carbons (Fsp3) is 0.500. The lowest BCUT2D eigenvalue weighted by Crippen LogP contribution is -2.18. The quantitative estimate of drug-likeness (QED) is 0.907. The first-order valence-electron chi connectivity index (χ1n) is 5.27. The molecular formula is C12H16BrNO. The lowest BCUT2D eigenvalue weighted by Gasteiger charge is -2.18. The molecule has 82 valence electrons. The van der Waals surface area contributed by atoms with Gasteiger partial charge < -0.3 is 10.1 Å². The number of rotatable bonds is 4. The van der Waals surface area contributed by atoms with Gasteiger partial charge in [-0.2, -0.15) is 0 Å². The van der Waals surface area contributed by atoms with Crippen molar-refractivity contribution in [1.29, 1.82) is 0 Å². The van der Waals surface area contributed by atoms with Crippen molar-refractivity contribution < 1.29 is 4.74 Å². The molecule has 0 amide bonds. The first kappa shape index (κ1) is 11.0. The Kier molecular flexibility index (Phi) is 3.32. The van der Waals surface area contributed by atoms with Crippen LogP contribution in [-0.4, -0.2) is 14.2 Å². The zero-order valence-electron chi connectivity index (χ0n) is 9.09. The summed E-state index contributed by atoms with van der Waals surface area (Å²) < 4.78 is 6.42. The highest BCUT2D eigenvalue weighted by atomic mass is 79.9. The third kappa shape index (κ3) is 2.34. The summed E-state index contributed by atoms with van der Waals surface area (Å²) in [5.74, 6) is 1.72. The summed E-state index contributed by atoms with van der Waals surface area (Å²) in [4.78, 5) is 0. The van der Waals surface area contributed by atoms with E-state index in [1.165, 1.54) is 18.4 Å². The molecule has 0 bridgehead atoms. The molecule has 1 N–H and O–H groups in total. The first-order chi connectivity index (χ1) is 7.26. The van der Waals surface area contributed by atoms with Crippen LogP contribution in [0.2, 0.25) is 0 Å². The molecule has 2 rings (SSSR count). The molecule has 1 aromatic rings. The van der Waals surface area contributed by atoms with Crippen LogP contribution in [0.15, 0.2) is 22.7 Å². The van der Waals surface area contributed by atoms with Crippen molar-refractivity contribution in [3.63, 3.8) is 0 Å². The Labute approximate surface area is 99.1 Å². The molecule has 0 heterocycles. The second-order valence-electron chi connectivity index (χ2n) is 3.99. The van der Waals surface area contributed by atoms with Gasteiger partial charge in [0.2, 0.25) is 0 Å². The van der Waals surface area contributed by atoms with E-state index in [1.54, 1.807) is 7.11 Å². The summed E-state index contributed by atoms with van der Waals surface area (Å²) >= 11 is 3.60. The van der Waals surface area contributed by atoms with Crippen LogP contribution in [0, 0.1) is 5.92 Å². The van der Waals surface area contributed by atoms with Crippen LogP contribution in [0.3, 0.4) is 0 Å². The van der Waals surface area contributed by atoms with Gasteiger partial charge in [0.1, 0.15) is 5.75 Å². The Morgan fingerprint density at radius 1 is 1.47 bits per heavy atom. The van der Waals surface area contributed by atoms with E-state index < -0.39 is 0 Å². The van der Waals surface area contributed by atoms with Gasteiger partial charge in [0, 0.05) is 10.5 Å². The van der Waals surface area contributed by atoms with Crippen molar-refractivity contribution in [2.75, 3.05) is 14.2 Å². The van der Waals surface area contributed by atoms with Crippen molar-refractivity contribution >= 4 is 15.9 Å². The van der Waals surface area contributed by atoms with E-state index in [9.17, 15) is 0 Å².